The Bertz CT molecular complexity index is 1110. The molecule has 40 heavy (non-hydrogen) atoms. The molecule has 2 aromatic carbocycles. The van der Waals surface area contributed by atoms with Gasteiger partial charge in [0.25, 0.3) is 0 Å². The van der Waals surface area contributed by atoms with Gasteiger partial charge in [-0.05, 0) is 48.6 Å². The van der Waals surface area contributed by atoms with Gasteiger partial charge >= 0.3 is 6.03 Å². The van der Waals surface area contributed by atoms with E-state index in [2.05, 4.69) is 23.6 Å². The number of unbranched alkanes of at least 4 members (excludes halogenated alkanes) is 2. The van der Waals surface area contributed by atoms with Crippen molar-refractivity contribution in [2.75, 3.05) is 56.2 Å². The van der Waals surface area contributed by atoms with Crippen LogP contribution in [-0.2, 0) is 11.3 Å². The van der Waals surface area contributed by atoms with Crippen LogP contribution in [0.3, 0.4) is 0 Å². The zero-order valence-corrected chi connectivity index (χ0v) is 24.5. The number of benzene rings is 2. The zero-order valence-electron chi connectivity index (χ0n) is 24.5. The highest BCUT2D eigenvalue weighted by atomic mass is 16.5. The summed E-state index contributed by atoms with van der Waals surface area (Å²) in [5.41, 5.74) is 2.24. The number of phenolic OH excluding ortho intramolecular Hbond substituents is 1. The molecular weight excluding hydrogens is 504 g/mol. The van der Waals surface area contributed by atoms with E-state index in [1.807, 2.05) is 30.3 Å². The van der Waals surface area contributed by atoms with Crippen molar-refractivity contribution in [2.45, 2.75) is 65.3 Å². The van der Waals surface area contributed by atoms with Crippen molar-refractivity contribution in [1.82, 2.24) is 9.80 Å². The Hall–Kier alpha value is -3.26. The first-order chi connectivity index (χ1) is 19.4. The van der Waals surface area contributed by atoms with Crippen LogP contribution in [0.2, 0.25) is 0 Å². The van der Waals surface area contributed by atoms with Crippen LogP contribution in [0.4, 0.5) is 16.2 Å². The van der Waals surface area contributed by atoms with Crippen molar-refractivity contribution in [3.05, 3.63) is 48.0 Å². The largest absolute Gasteiger partial charge is 0.506 e. The fourth-order valence-corrected chi connectivity index (χ4v) is 5.89. The number of phenols is 1. The van der Waals surface area contributed by atoms with Gasteiger partial charge in [0.15, 0.2) is 0 Å². The molecule has 0 saturated carbocycles. The van der Waals surface area contributed by atoms with Gasteiger partial charge in [-0.15, -0.1) is 0 Å². The van der Waals surface area contributed by atoms with Crippen molar-refractivity contribution < 1.29 is 19.4 Å². The number of imide groups is 1. The molecule has 3 amide bonds. The Morgan fingerprint density at radius 1 is 0.900 bits per heavy atom. The molecule has 8 nitrogen and oxygen atoms in total. The summed E-state index contributed by atoms with van der Waals surface area (Å²) in [6.07, 6.45) is 8.02. The van der Waals surface area contributed by atoms with Gasteiger partial charge in [-0.1, -0.05) is 51.7 Å². The lowest BCUT2D eigenvalue weighted by molar-refractivity contribution is -0.129. The van der Waals surface area contributed by atoms with E-state index in [9.17, 15) is 14.7 Å². The number of ether oxygens (including phenoxy) is 1. The Kier molecular flexibility index (Phi) is 10.7. The van der Waals surface area contributed by atoms with Crippen LogP contribution in [0.5, 0.6) is 11.5 Å². The predicted molar refractivity (Wildman–Crippen MR) is 160 cm³/mol. The molecule has 1 unspecified atom stereocenters. The minimum Gasteiger partial charge on any atom is -0.506 e. The first-order valence-electron chi connectivity index (χ1n) is 15.0. The van der Waals surface area contributed by atoms with Gasteiger partial charge in [0.2, 0.25) is 5.91 Å². The normalized spacial score (nSPS) is 17.4. The molecule has 218 valence electrons. The summed E-state index contributed by atoms with van der Waals surface area (Å²) in [6.45, 7) is 10.0. The van der Waals surface area contributed by atoms with Gasteiger partial charge in [0.05, 0.1) is 19.3 Å². The summed E-state index contributed by atoms with van der Waals surface area (Å²) in [7, 11) is 1.60. The number of hydrogen-bond donors (Lipinski definition) is 1. The number of methoxy groups -OCH3 is 1. The highest BCUT2D eigenvalue weighted by molar-refractivity contribution is 6.06. The van der Waals surface area contributed by atoms with Crippen molar-refractivity contribution in [3.8, 4) is 11.5 Å². The third kappa shape index (κ3) is 7.47. The van der Waals surface area contributed by atoms with Crippen molar-refractivity contribution in [1.29, 1.82) is 0 Å². The number of hydrogen-bond acceptors (Lipinski definition) is 6. The summed E-state index contributed by atoms with van der Waals surface area (Å²) in [5, 5.41) is 11.0. The monoisotopic (exact) mass is 550 g/mol. The molecule has 0 bridgehead atoms. The van der Waals surface area contributed by atoms with E-state index in [4.69, 9.17) is 4.74 Å². The van der Waals surface area contributed by atoms with Crippen LogP contribution in [0, 0.1) is 5.92 Å². The number of urea groups is 1. The number of anilines is 2. The second kappa shape index (κ2) is 14.4. The number of amides is 3. The van der Waals surface area contributed by atoms with Crippen LogP contribution in [-0.4, -0.2) is 73.2 Å². The van der Waals surface area contributed by atoms with Crippen LogP contribution in [0.25, 0.3) is 0 Å². The summed E-state index contributed by atoms with van der Waals surface area (Å²) >= 11 is 0. The number of piperazine rings is 1. The van der Waals surface area contributed by atoms with Gasteiger partial charge in [-0.25, -0.2) is 4.79 Å². The van der Waals surface area contributed by atoms with Crippen LogP contribution < -0.4 is 14.5 Å². The average molecular weight is 551 g/mol. The zero-order chi connectivity index (χ0) is 28.5. The molecule has 2 fully saturated rings. The highest BCUT2D eigenvalue weighted by Crippen LogP contribution is 2.34. The molecule has 0 radical (unpaired) electrons. The van der Waals surface area contributed by atoms with Crippen molar-refractivity contribution >= 4 is 23.3 Å². The predicted octanol–water partition coefficient (Wildman–Crippen LogP) is 5.88. The summed E-state index contributed by atoms with van der Waals surface area (Å²) in [6, 6.07) is 12.5. The molecule has 4 rings (SSSR count). The summed E-state index contributed by atoms with van der Waals surface area (Å²) in [5.74, 6) is 1.35. The van der Waals surface area contributed by atoms with E-state index in [0.717, 1.165) is 49.1 Å². The Morgan fingerprint density at radius 3 is 2.30 bits per heavy atom. The molecule has 8 heteroatoms. The number of carbonyl (C=O) groups excluding carboxylic acids is 2. The minimum absolute atomic E-state index is 0.0611. The average Bonchev–Trinajstić information content (AvgIpc) is 2.96. The summed E-state index contributed by atoms with van der Waals surface area (Å²) < 4.78 is 5.20. The number of carbonyl (C=O) groups is 2. The fourth-order valence-electron chi connectivity index (χ4n) is 5.89. The van der Waals surface area contributed by atoms with Gasteiger partial charge < -0.3 is 14.7 Å². The number of rotatable bonds is 13. The quantitative estimate of drug-likeness (QED) is 0.314. The molecular formula is C32H46N4O4. The van der Waals surface area contributed by atoms with Gasteiger partial charge in [0.1, 0.15) is 11.5 Å². The lowest BCUT2D eigenvalue weighted by atomic mass is 9.95. The summed E-state index contributed by atoms with van der Waals surface area (Å²) in [4.78, 5) is 33.6. The Morgan fingerprint density at radius 2 is 1.65 bits per heavy atom. The molecule has 2 aliphatic rings. The third-order valence-electron chi connectivity index (χ3n) is 8.23. The molecule has 0 spiro atoms. The first-order valence-corrected chi connectivity index (χ1v) is 15.0. The van der Waals surface area contributed by atoms with Gasteiger partial charge in [0, 0.05) is 57.4 Å². The maximum absolute atomic E-state index is 13.3. The minimum atomic E-state index is -0.413. The lowest BCUT2D eigenvalue weighted by Gasteiger charge is -2.38. The third-order valence-corrected chi connectivity index (χ3v) is 8.23. The standard InChI is InChI=1S/C32H46N4O4/c1-4-6-7-9-25(8-5-2)23-33-18-20-34(21-19-33)27-12-15-29(30(37)22-27)35-17-16-31(38)36(32(35)39)24-26-10-13-28(40-3)14-11-26/h10-15,22,25,37H,4-9,16-21,23-24H2,1-3H3. The molecule has 2 heterocycles. The van der Waals surface area contributed by atoms with E-state index < -0.39 is 6.03 Å². The fraction of sp³-hybridized carbons (Fsp3) is 0.562. The number of nitrogens with zero attached hydrogens (tertiary/aromatic N) is 4. The van der Waals surface area contributed by atoms with E-state index in [1.165, 1.54) is 54.9 Å². The van der Waals surface area contributed by atoms with Gasteiger partial charge in [-0.3, -0.25) is 19.5 Å². The van der Waals surface area contributed by atoms with Crippen LogP contribution >= 0.6 is 0 Å². The first kappa shape index (κ1) is 29.7. The van der Waals surface area contributed by atoms with E-state index in [-0.39, 0.29) is 31.2 Å². The van der Waals surface area contributed by atoms with Crippen LogP contribution in [0.15, 0.2) is 42.5 Å². The van der Waals surface area contributed by atoms with Gasteiger partial charge in [-0.2, -0.15) is 0 Å². The molecule has 1 N–H and O–H groups in total. The highest BCUT2D eigenvalue weighted by Gasteiger charge is 2.34. The molecule has 2 saturated heterocycles. The SMILES string of the molecule is CCCCCC(CCC)CN1CCN(c2ccc(N3CCC(=O)N(Cc4ccc(OC)cc4)C3=O)c(O)c2)CC1. The second-order valence-corrected chi connectivity index (χ2v) is 11.1. The maximum atomic E-state index is 13.3. The van der Waals surface area contributed by atoms with E-state index in [1.54, 1.807) is 19.2 Å². The van der Waals surface area contributed by atoms with E-state index in [0.29, 0.717) is 5.69 Å². The van der Waals surface area contributed by atoms with Crippen molar-refractivity contribution in [3.63, 3.8) is 0 Å². The molecule has 2 aromatic rings. The second-order valence-electron chi connectivity index (χ2n) is 11.1. The molecule has 2 aliphatic heterocycles. The Labute approximate surface area is 239 Å². The Balaban J connectivity index is 1.36. The van der Waals surface area contributed by atoms with Crippen molar-refractivity contribution in [2.24, 2.45) is 5.92 Å². The smallest absolute Gasteiger partial charge is 0.331 e. The molecule has 0 aliphatic carbocycles. The topological polar surface area (TPSA) is 76.6 Å². The molecule has 0 aromatic heterocycles. The van der Waals surface area contributed by atoms with E-state index >= 15 is 0 Å². The lowest BCUT2D eigenvalue weighted by Crippen LogP contribution is -2.52. The van der Waals surface area contributed by atoms with Crippen LogP contribution in [0.1, 0.15) is 64.4 Å². The maximum Gasteiger partial charge on any atom is 0.331 e. The molecule has 1 atom stereocenters. The number of aromatic hydroxyl groups is 1.